The summed E-state index contributed by atoms with van der Waals surface area (Å²) in [5.74, 6) is -0.275. The summed E-state index contributed by atoms with van der Waals surface area (Å²) in [7, 11) is 3.28. The summed E-state index contributed by atoms with van der Waals surface area (Å²) < 4.78 is 16.4. The fourth-order valence-corrected chi connectivity index (χ4v) is 3.03. The Morgan fingerprint density at radius 1 is 1.00 bits per heavy atom. The van der Waals surface area contributed by atoms with Crippen molar-refractivity contribution >= 4 is 5.91 Å². The van der Waals surface area contributed by atoms with E-state index in [1.165, 1.54) is 0 Å². The van der Waals surface area contributed by atoms with Gasteiger partial charge in [0.2, 0.25) is 5.91 Å². The maximum absolute atomic E-state index is 11.1. The molecule has 0 radical (unpaired) electrons. The zero-order valence-corrected chi connectivity index (χ0v) is 13.8. The highest BCUT2D eigenvalue weighted by Gasteiger charge is 2.36. The number of ether oxygens (including phenoxy) is 3. The number of carbonyl (C=O) groups is 1. The number of primary amides is 1. The van der Waals surface area contributed by atoms with Gasteiger partial charge in [0, 0.05) is 32.1 Å². The molecule has 1 heterocycles. The average molecular weight is 327 g/mol. The molecule has 1 amide bonds. The Labute approximate surface area is 141 Å². The fraction of sp³-hybridized carbons (Fsp3) is 0.316. The monoisotopic (exact) mass is 327 g/mol. The minimum Gasteiger partial charge on any atom is -0.366 e. The van der Waals surface area contributed by atoms with Crippen LogP contribution in [0.1, 0.15) is 28.3 Å². The van der Waals surface area contributed by atoms with Gasteiger partial charge in [0.1, 0.15) is 0 Å². The molecule has 3 rings (SSSR count). The van der Waals surface area contributed by atoms with Crippen molar-refractivity contribution in [1.29, 1.82) is 0 Å². The van der Waals surface area contributed by atoms with Crippen molar-refractivity contribution in [2.75, 3.05) is 14.2 Å². The number of amides is 1. The molecule has 2 aromatic carbocycles. The van der Waals surface area contributed by atoms with Gasteiger partial charge in [-0.3, -0.25) is 4.79 Å². The molecule has 1 fully saturated rings. The molecule has 1 saturated heterocycles. The Hall–Kier alpha value is -2.21. The van der Waals surface area contributed by atoms with Crippen LogP contribution in [-0.4, -0.2) is 32.7 Å². The lowest BCUT2D eigenvalue weighted by molar-refractivity contribution is -0.188. The average Bonchev–Trinajstić information content (AvgIpc) is 3.05. The van der Waals surface area contributed by atoms with Crippen molar-refractivity contribution in [3.63, 3.8) is 0 Å². The highest BCUT2D eigenvalue weighted by Crippen LogP contribution is 2.36. The van der Waals surface area contributed by atoms with Gasteiger partial charge in [-0.05, 0) is 28.8 Å². The second-order valence-electron chi connectivity index (χ2n) is 5.81. The zero-order chi connectivity index (χ0) is 17.1. The third-order valence-electron chi connectivity index (χ3n) is 4.40. The second-order valence-corrected chi connectivity index (χ2v) is 5.81. The lowest BCUT2D eigenvalue weighted by Gasteiger charge is -2.17. The van der Waals surface area contributed by atoms with Crippen LogP contribution in [-0.2, 0) is 14.2 Å². The van der Waals surface area contributed by atoms with E-state index in [-0.39, 0.29) is 18.5 Å². The standard InChI is InChI=1S/C19H21NO4/c1-22-17-11-16(19(23-2)24-17)14-7-3-12(4-8-14)13-5-9-15(10-6-13)18(20)21/h3-10,16-17,19H,11H2,1-2H3,(H2,20,21). The molecule has 0 spiro atoms. The summed E-state index contributed by atoms with van der Waals surface area (Å²) >= 11 is 0. The zero-order valence-electron chi connectivity index (χ0n) is 13.8. The molecule has 5 nitrogen and oxygen atoms in total. The van der Waals surface area contributed by atoms with Crippen LogP contribution in [0.5, 0.6) is 0 Å². The Morgan fingerprint density at radius 3 is 2.08 bits per heavy atom. The molecule has 0 bridgehead atoms. The SMILES string of the molecule is COC1CC(c2ccc(-c3ccc(C(N)=O)cc3)cc2)C(OC)O1. The topological polar surface area (TPSA) is 70.8 Å². The van der Waals surface area contributed by atoms with E-state index in [1.54, 1.807) is 26.4 Å². The maximum Gasteiger partial charge on any atom is 0.248 e. The van der Waals surface area contributed by atoms with Gasteiger partial charge in [0.05, 0.1) is 0 Å². The molecule has 3 atom stereocenters. The number of carbonyl (C=O) groups excluding carboxylic acids is 1. The molecule has 126 valence electrons. The molecular formula is C19H21NO4. The maximum atomic E-state index is 11.1. The van der Waals surface area contributed by atoms with Crippen LogP contribution in [0.4, 0.5) is 0 Å². The summed E-state index contributed by atoms with van der Waals surface area (Å²) in [6.45, 7) is 0. The molecule has 1 aliphatic rings. The lowest BCUT2D eigenvalue weighted by atomic mass is 9.94. The summed E-state index contributed by atoms with van der Waals surface area (Å²) in [6.07, 6.45) is 0.235. The van der Waals surface area contributed by atoms with E-state index in [0.717, 1.165) is 23.1 Å². The Balaban J connectivity index is 1.79. The van der Waals surface area contributed by atoms with Gasteiger partial charge in [-0.25, -0.2) is 0 Å². The van der Waals surface area contributed by atoms with Crippen LogP contribution in [0.25, 0.3) is 11.1 Å². The van der Waals surface area contributed by atoms with Crippen LogP contribution in [0.3, 0.4) is 0 Å². The van der Waals surface area contributed by atoms with Crippen LogP contribution < -0.4 is 5.73 Å². The van der Waals surface area contributed by atoms with Crippen molar-refractivity contribution in [3.05, 3.63) is 59.7 Å². The third kappa shape index (κ3) is 3.33. The van der Waals surface area contributed by atoms with E-state index < -0.39 is 5.91 Å². The number of methoxy groups -OCH3 is 2. The molecule has 3 unspecified atom stereocenters. The van der Waals surface area contributed by atoms with Crippen molar-refractivity contribution in [1.82, 2.24) is 0 Å². The van der Waals surface area contributed by atoms with E-state index >= 15 is 0 Å². The number of nitrogens with two attached hydrogens (primary N) is 1. The van der Waals surface area contributed by atoms with Crippen molar-refractivity contribution < 1.29 is 19.0 Å². The van der Waals surface area contributed by atoms with Crippen LogP contribution in [0, 0.1) is 0 Å². The Kier molecular flexibility index (Phi) is 4.94. The molecule has 2 N–H and O–H groups in total. The number of hydrogen-bond acceptors (Lipinski definition) is 4. The van der Waals surface area contributed by atoms with E-state index in [2.05, 4.69) is 24.3 Å². The van der Waals surface area contributed by atoms with Crippen molar-refractivity contribution in [3.8, 4) is 11.1 Å². The van der Waals surface area contributed by atoms with E-state index in [4.69, 9.17) is 19.9 Å². The van der Waals surface area contributed by atoms with E-state index in [1.807, 2.05) is 12.1 Å². The first-order valence-electron chi connectivity index (χ1n) is 7.83. The van der Waals surface area contributed by atoms with Gasteiger partial charge in [-0.1, -0.05) is 36.4 Å². The minimum atomic E-state index is -0.420. The first kappa shape index (κ1) is 16.6. The Morgan fingerprint density at radius 2 is 1.58 bits per heavy atom. The quantitative estimate of drug-likeness (QED) is 0.916. The molecule has 2 aromatic rings. The molecule has 1 aliphatic heterocycles. The first-order valence-corrected chi connectivity index (χ1v) is 7.83. The summed E-state index contributed by atoms with van der Waals surface area (Å²) in [5, 5.41) is 0. The highest BCUT2D eigenvalue weighted by molar-refractivity contribution is 5.93. The normalized spacial score (nSPS) is 23.3. The number of hydrogen-bond donors (Lipinski definition) is 1. The molecule has 5 heteroatoms. The van der Waals surface area contributed by atoms with Gasteiger partial charge in [-0.15, -0.1) is 0 Å². The fourth-order valence-electron chi connectivity index (χ4n) is 3.03. The van der Waals surface area contributed by atoms with Crippen molar-refractivity contribution in [2.45, 2.75) is 24.9 Å². The predicted molar refractivity (Wildman–Crippen MR) is 90.4 cm³/mol. The second kappa shape index (κ2) is 7.13. The molecule has 0 aliphatic carbocycles. The third-order valence-corrected chi connectivity index (χ3v) is 4.40. The van der Waals surface area contributed by atoms with Crippen molar-refractivity contribution in [2.24, 2.45) is 5.73 Å². The smallest absolute Gasteiger partial charge is 0.248 e. The molecule has 0 aromatic heterocycles. The minimum absolute atomic E-state index is 0.145. The van der Waals surface area contributed by atoms with Gasteiger partial charge in [0.25, 0.3) is 0 Å². The summed E-state index contributed by atoms with van der Waals surface area (Å²) in [6, 6.07) is 15.5. The Bertz CT molecular complexity index is 696. The molecular weight excluding hydrogens is 306 g/mol. The summed E-state index contributed by atoms with van der Waals surface area (Å²) in [4.78, 5) is 11.1. The predicted octanol–water partition coefficient (Wildman–Crippen LogP) is 2.90. The van der Waals surface area contributed by atoms with Gasteiger partial charge in [-0.2, -0.15) is 0 Å². The number of benzene rings is 2. The largest absolute Gasteiger partial charge is 0.366 e. The van der Waals surface area contributed by atoms with Crippen LogP contribution >= 0.6 is 0 Å². The van der Waals surface area contributed by atoms with Crippen LogP contribution in [0.2, 0.25) is 0 Å². The molecule has 0 saturated carbocycles. The molecule has 24 heavy (non-hydrogen) atoms. The first-order chi connectivity index (χ1) is 11.6. The van der Waals surface area contributed by atoms with E-state index in [9.17, 15) is 4.79 Å². The van der Waals surface area contributed by atoms with Crippen LogP contribution in [0.15, 0.2) is 48.5 Å². The summed E-state index contributed by atoms with van der Waals surface area (Å²) in [5.41, 5.74) is 9.04. The number of rotatable bonds is 5. The van der Waals surface area contributed by atoms with Gasteiger partial charge in [0.15, 0.2) is 12.6 Å². The lowest BCUT2D eigenvalue weighted by Crippen LogP contribution is -2.17. The van der Waals surface area contributed by atoms with E-state index in [0.29, 0.717) is 5.56 Å². The van der Waals surface area contributed by atoms with Gasteiger partial charge < -0.3 is 19.9 Å². The highest BCUT2D eigenvalue weighted by atomic mass is 16.8. The van der Waals surface area contributed by atoms with Gasteiger partial charge >= 0.3 is 0 Å².